The topological polar surface area (TPSA) is 35.8 Å². The van der Waals surface area contributed by atoms with Gasteiger partial charge in [0.15, 0.2) is 0 Å². The summed E-state index contributed by atoms with van der Waals surface area (Å²) in [5, 5.41) is 12.0. The molecule has 0 bridgehead atoms. The van der Waals surface area contributed by atoms with Crippen molar-refractivity contribution in [1.82, 2.24) is 5.32 Å². The van der Waals surface area contributed by atoms with E-state index in [2.05, 4.69) is 32.2 Å². The minimum absolute atomic E-state index is 0.0524. The lowest BCUT2D eigenvalue weighted by Gasteiger charge is -2.13. The predicted molar refractivity (Wildman–Crippen MR) is 51.8 cm³/mol. The molecule has 1 atom stereocenters. The first-order valence-electron chi connectivity index (χ1n) is 4.86. The fraction of sp³-hybridized carbons (Fsp3) is 0.900. The second kappa shape index (κ2) is 7.12. The van der Waals surface area contributed by atoms with Gasteiger partial charge < -0.3 is 0 Å². The first kappa shape index (κ1) is 11.4. The number of hydrogen-bond donors (Lipinski definition) is 1. The third-order valence-electron chi connectivity index (χ3n) is 1.79. The summed E-state index contributed by atoms with van der Waals surface area (Å²) < 4.78 is 0. The van der Waals surface area contributed by atoms with Crippen LogP contribution in [-0.2, 0) is 0 Å². The lowest BCUT2D eigenvalue weighted by molar-refractivity contribution is 0.486. The average Bonchev–Trinajstić information content (AvgIpc) is 2.02. The van der Waals surface area contributed by atoms with Gasteiger partial charge in [-0.15, -0.1) is 0 Å². The van der Waals surface area contributed by atoms with Crippen LogP contribution in [0.2, 0.25) is 0 Å². The molecule has 0 aromatic rings. The molecule has 0 rings (SSSR count). The highest BCUT2D eigenvalue weighted by molar-refractivity contribution is 4.90. The lowest BCUT2D eigenvalue weighted by atomic mass is 10.1. The van der Waals surface area contributed by atoms with Gasteiger partial charge in [0.1, 0.15) is 0 Å². The maximum atomic E-state index is 8.76. The van der Waals surface area contributed by atoms with Crippen LogP contribution in [0.1, 0.15) is 46.5 Å². The van der Waals surface area contributed by atoms with Crippen LogP contribution in [0.15, 0.2) is 0 Å². The van der Waals surface area contributed by atoms with Gasteiger partial charge in [-0.2, -0.15) is 5.26 Å². The van der Waals surface area contributed by atoms with Crippen molar-refractivity contribution < 1.29 is 0 Å². The molecule has 2 heteroatoms. The number of hydrogen-bond acceptors (Lipinski definition) is 2. The average molecular weight is 168 g/mol. The fourth-order valence-corrected chi connectivity index (χ4v) is 1.19. The molecule has 12 heavy (non-hydrogen) atoms. The van der Waals surface area contributed by atoms with Crippen molar-refractivity contribution in [1.29, 1.82) is 5.26 Å². The Morgan fingerprint density at radius 3 is 2.42 bits per heavy atom. The third-order valence-corrected chi connectivity index (χ3v) is 1.79. The Labute approximate surface area is 76.0 Å². The summed E-state index contributed by atoms with van der Waals surface area (Å²) in [6.07, 6.45) is 4.61. The van der Waals surface area contributed by atoms with E-state index in [0.29, 0.717) is 6.04 Å². The summed E-state index contributed by atoms with van der Waals surface area (Å²) in [4.78, 5) is 0. The number of nitriles is 1. The van der Waals surface area contributed by atoms with Crippen molar-refractivity contribution in [2.75, 3.05) is 0 Å². The van der Waals surface area contributed by atoms with E-state index >= 15 is 0 Å². The summed E-state index contributed by atoms with van der Waals surface area (Å²) in [6, 6.07) is 2.75. The molecule has 0 saturated heterocycles. The van der Waals surface area contributed by atoms with Crippen LogP contribution in [0.3, 0.4) is 0 Å². The zero-order valence-electron chi connectivity index (χ0n) is 8.43. The number of unbranched alkanes of at least 4 members (excludes halogenated alkanes) is 2. The zero-order valence-corrected chi connectivity index (χ0v) is 8.43. The van der Waals surface area contributed by atoms with E-state index in [0.717, 1.165) is 12.8 Å². The molecule has 0 spiro atoms. The molecule has 0 radical (unpaired) electrons. The predicted octanol–water partition coefficient (Wildman–Crippen LogP) is 2.46. The van der Waals surface area contributed by atoms with Crippen LogP contribution in [0.4, 0.5) is 0 Å². The number of nitrogens with one attached hydrogen (secondary N) is 1. The van der Waals surface area contributed by atoms with Crippen molar-refractivity contribution in [3.05, 3.63) is 0 Å². The van der Waals surface area contributed by atoms with E-state index in [1.165, 1.54) is 12.8 Å². The highest BCUT2D eigenvalue weighted by Gasteiger charge is 2.06. The Morgan fingerprint density at radius 2 is 2.00 bits per heavy atom. The van der Waals surface area contributed by atoms with Gasteiger partial charge in [-0.3, -0.25) is 5.32 Å². The molecule has 0 heterocycles. The van der Waals surface area contributed by atoms with E-state index in [-0.39, 0.29) is 6.04 Å². The quantitative estimate of drug-likeness (QED) is 0.618. The Kier molecular flexibility index (Phi) is 6.79. The van der Waals surface area contributed by atoms with Gasteiger partial charge in [0.2, 0.25) is 0 Å². The van der Waals surface area contributed by atoms with Gasteiger partial charge in [0.05, 0.1) is 12.1 Å². The molecule has 0 saturated carbocycles. The second-order valence-corrected chi connectivity index (χ2v) is 3.50. The van der Waals surface area contributed by atoms with Crippen molar-refractivity contribution >= 4 is 0 Å². The standard InChI is InChI=1S/C10H20N2/c1-4-5-6-7-10(8-11)12-9(2)3/h9-10,12H,4-7H2,1-3H3. The minimum atomic E-state index is 0.0524. The molecule has 1 N–H and O–H groups in total. The van der Waals surface area contributed by atoms with Crippen LogP contribution in [0.5, 0.6) is 0 Å². The Bertz CT molecular complexity index is 135. The van der Waals surface area contributed by atoms with Gasteiger partial charge in [-0.1, -0.05) is 26.2 Å². The van der Waals surface area contributed by atoms with Gasteiger partial charge in [-0.25, -0.2) is 0 Å². The zero-order chi connectivity index (χ0) is 9.40. The molecule has 0 amide bonds. The first-order chi connectivity index (χ1) is 5.70. The number of nitrogens with zero attached hydrogens (tertiary/aromatic N) is 1. The maximum absolute atomic E-state index is 8.76. The first-order valence-corrected chi connectivity index (χ1v) is 4.86. The molecular weight excluding hydrogens is 148 g/mol. The highest BCUT2D eigenvalue weighted by atomic mass is 14.9. The summed E-state index contributed by atoms with van der Waals surface area (Å²) in [6.45, 7) is 6.32. The van der Waals surface area contributed by atoms with Crippen molar-refractivity contribution in [2.45, 2.75) is 58.5 Å². The van der Waals surface area contributed by atoms with Crippen molar-refractivity contribution in [3.63, 3.8) is 0 Å². The van der Waals surface area contributed by atoms with E-state index in [1.54, 1.807) is 0 Å². The summed E-state index contributed by atoms with van der Waals surface area (Å²) in [7, 11) is 0. The second-order valence-electron chi connectivity index (χ2n) is 3.50. The summed E-state index contributed by atoms with van der Waals surface area (Å²) in [5.74, 6) is 0. The SMILES string of the molecule is CCCCCC(C#N)NC(C)C. The van der Waals surface area contributed by atoms with Crippen LogP contribution < -0.4 is 5.32 Å². The smallest absolute Gasteiger partial charge is 0.0954 e. The molecule has 70 valence electrons. The fourth-order valence-electron chi connectivity index (χ4n) is 1.19. The van der Waals surface area contributed by atoms with Crippen molar-refractivity contribution in [3.8, 4) is 6.07 Å². The van der Waals surface area contributed by atoms with E-state index in [1.807, 2.05) is 0 Å². The Balaban J connectivity index is 3.48. The van der Waals surface area contributed by atoms with Gasteiger partial charge in [0.25, 0.3) is 0 Å². The van der Waals surface area contributed by atoms with E-state index in [9.17, 15) is 0 Å². The molecule has 0 aromatic carbocycles. The lowest BCUT2D eigenvalue weighted by Crippen LogP contribution is -2.33. The molecule has 0 aliphatic rings. The Morgan fingerprint density at radius 1 is 1.33 bits per heavy atom. The molecule has 1 unspecified atom stereocenters. The van der Waals surface area contributed by atoms with E-state index in [4.69, 9.17) is 5.26 Å². The minimum Gasteiger partial charge on any atom is -0.300 e. The third kappa shape index (κ3) is 6.18. The van der Waals surface area contributed by atoms with Gasteiger partial charge >= 0.3 is 0 Å². The molecule has 2 nitrogen and oxygen atoms in total. The molecule has 0 aliphatic carbocycles. The van der Waals surface area contributed by atoms with E-state index < -0.39 is 0 Å². The maximum Gasteiger partial charge on any atom is 0.0954 e. The van der Waals surface area contributed by atoms with Gasteiger partial charge in [0, 0.05) is 6.04 Å². The van der Waals surface area contributed by atoms with Crippen LogP contribution in [0.25, 0.3) is 0 Å². The molecular formula is C10H20N2. The molecule has 0 aliphatic heterocycles. The largest absolute Gasteiger partial charge is 0.300 e. The summed E-state index contributed by atoms with van der Waals surface area (Å²) >= 11 is 0. The van der Waals surface area contributed by atoms with Gasteiger partial charge in [-0.05, 0) is 20.3 Å². The highest BCUT2D eigenvalue weighted by Crippen LogP contribution is 2.03. The monoisotopic (exact) mass is 168 g/mol. The van der Waals surface area contributed by atoms with Crippen LogP contribution in [-0.4, -0.2) is 12.1 Å². The molecule has 0 fully saturated rings. The van der Waals surface area contributed by atoms with Crippen LogP contribution in [0, 0.1) is 11.3 Å². The van der Waals surface area contributed by atoms with Crippen LogP contribution >= 0.6 is 0 Å². The Hall–Kier alpha value is -0.550. The normalized spacial score (nSPS) is 12.9. The molecule has 0 aromatic heterocycles. The van der Waals surface area contributed by atoms with Crippen molar-refractivity contribution in [2.24, 2.45) is 0 Å². The summed E-state index contributed by atoms with van der Waals surface area (Å²) in [5.41, 5.74) is 0. The number of rotatable bonds is 6.